The van der Waals surface area contributed by atoms with Gasteiger partial charge in [-0.1, -0.05) is 30.3 Å². The molecule has 5 rings (SSSR count). The SMILES string of the molecule is O=C1CC(c2ccccc2)N(C(=O)c2ccc([N+](=O)[O-])cc2)c2ccc(C(=O)N3CCCNCC3)cc2N1. The minimum absolute atomic E-state index is 0.00150. The van der Waals surface area contributed by atoms with Crippen molar-refractivity contribution >= 4 is 34.8 Å². The number of amides is 3. The first-order valence-electron chi connectivity index (χ1n) is 12.5. The monoisotopic (exact) mass is 513 g/mol. The zero-order valence-electron chi connectivity index (χ0n) is 20.6. The van der Waals surface area contributed by atoms with Gasteiger partial charge in [0.15, 0.2) is 0 Å². The molecule has 2 N–H and O–H groups in total. The third-order valence-corrected chi connectivity index (χ3v) is 6.82. The fourth-order valence-corrected chi connectivity index (χ4v) is 4.90. The number of rotatable bonds is 4. The topological polar surface area (TPSA) is 125 Å². The van der Waals surface area contributed by atoms with Crippen LogP contribution in [0, 0.1) is 10.1 Å². The van der Waals surface area contributed by atoms with Crippen LogP contribution >= 0.6 is 0 Å². The molecule has 0 bridgehead atoms. The first-order valence-corrected chi connectivity index (χ1v) is 12.5. The summed E-state index contributed by atoms with van der Waals surface area (Å²) in [4.78, 5) is 54.2. The van der Waals surface area contributed by atoms with Crippen LogP contribution in [0.25, 0.3) is 0 Å². The molecule has 0 spiro atoms. The Morgan fingerprint density at radius 2 is 1.63 bits per heavy atom. The largest absolute Gasteiger partial charge is 0.337 e. The minimum Gasteiger partial charge on any atom is -0.337 e. The van der Waals surface area contributed by atoms with E-state index >= 15 is 0 Å². The summed E-state index contributed by atoms with van der Waals surface area (Å²) < 4.78 is 0. The second-order valence-corrected chi connectivity index (χ2v) is 9.29. The van der Waals surface area contributed by atoms with Gasteiger partial charge in [-0.25, -0.2) is 0 Å². The van der Waals surface area contributed by atoms with E-state index in [1.165, 1.54) is 29.2 Å². The number of carbonyl (C=O) groups is 3. The molecule has 2 aliphatic heterocycles. The van der Waals surface area contributed by atoms with Crippen LogP contribution in [0.5, 0.6) is 0 Å². The first kappa shape index (κ1) is 25.1. The molecule has 1 atom stereocenters. The van der Waals surface area contributed by atoms with E-state index in [9.17, 15) is 24.5 Å². The van der Waals surface area contributed by atoms with Gasteiger partial charge < -0.3 is 15.5 Å². The highest BCUT2D eigenvalue weighted by molar-refractivity contribution is 6.12. The number of hydrogen-bond acceptors (Lipinski definition) is 6. The van der Waals surface area contributed by atoms with Gasteiger partial charge in [0.2, 0.25) is 5.91 Å². The fourth-order valence-electron chi connectivity index (χ4n) is 4.90. The summed E-state index contributed by atoms with van der Waals surface area (Å²) in [6, 6.07) is 19.0. The maximum atomic E-state index is 13.9. The van der Waals surface area contributed by atoms with Crippen molar-refractivity contribution in [1.29, 1.82) is 0 Å². The third-order valence-electron chi connectivity index (χ3n) is 6.82. The van der Waals surface area contributed by atoms with E-state index < -0.39 is 16.9 Å². The lowest BCUT2D eigenvalue weighted by molar-refractivity contribution is -0.384. The number of nitro benzene ring substituents is 1. The molecule has 0 radical (unpaired) electrons. The van der Waals surface area contributed by atoms with Crippen LogP contribution in [0.3, 0.4) is 0 Å². The van der Waals surface area contributed by atoms with Crippen molar-refractivity contribution in [3.63, 3.8) is 0 Å². The maximum absolute atomic E-state index is 13.9. The molecule has 0 saturated carbocycles. The van der Waals surface area contributed by atoms with Gasteiger partial charge in [-0.15, -0.1) is 0 Å². The number of non-ortho nitro benzene ring substituents is 1. The second kappa shape index (κ2) is 10.8. The van der Waals surface area contributed by atoms with Crippen molar-refractivity contribution in [3.8, 4) is 0 Å². The summed E-state index contributed by atoms with van der Waals surface area (Å²) in [5, 5.41) is 17.3. The zero-order chi connectivity index (χ0) is 26.6. The minimum atomic E-state index is -0.627. The van der Waals surface area contributed by atoms with Crippen molar-refractivity contribution in [3.05, 3.63) is 99.6 Å². The van der Waals surface area contributed by atoms with Crippen LogP contribution in [-0.4, -0.2) is 53.7 Å². The number of nitrogens with one attached hydrogen (secondary N) is 2. The Labute approximate surface area is 219 Å². The van der Waals surface area contributed by atoms with Crippen LogP contribution in [0.4, 0.5) is 17.1 Å². The summed E-state index contributed by atoms with van der Waals surface area (Å²) >= 11 is 0. The molecule has 194 valence electrons. The van der Waals surface area contributed by atoms with Crippen LogP contribution in [-0.2, 0) is 4.79 Å². The van der Waals surface area contributed by atoms with Crippen molar-refractivity contribution in [2.75, 3.05) is 36.4 Å². The number of hydrogen-bond donors (Lipinski definition) is 2. The van der Waals surface area contributed by atoms with Gasteiger partial charge in [0.25, 0.3) is 17.5 Å². The fraction of sp³-hybridized carbons (Fsp3) is 0.250. The van der Waals surface area contributed by atoms with Gasteiger partial charge >= 0.3 is 0 Å². The molecular formula is C28H27N5O5. The van der Waals surface area contributed by atoms with Gasteiger partial charge in [0.05, 0.1) is 28.8 Å². The highest BCUT2D eigenvalue weighted by Crippen LogP contribution is 2.40. The number of fused-ring (bicyclic) bond motifs is 1. The molecule has 3 aromatic carbocycles. The Kier molecular flexibility index (Phi) is 7.14. The van der Waals surface area contributed by atoms with Crippen LogP contribution in [0.1, 0.15) is 45.2 Å². The average Bonchev–Trinajstić information content (AvgIpc) is 3.30. The Morgan fingerprint density at radius 1 is 0.895 bits per heavy atom. The lowest BCUT2D eigenvalue weighted by atomic mass is 9.99. The molecule has 1 fully saturated rings. The molecule has 10 nitrogen and oxygen atoms in total. The van der Waals surface area contributed by atoms with Gasteiger partial charge in [-0.05, 0) is 48.9 Å². The van der Waals surface area contributed by atoms with Gasteiger partial charge in [-0.3, -0.25) is 29.4 Å². The smallest absolute Gasteiger partial charge is 0.269 e. The van der Waals surface area contributed by atoms with Crippen LogP contribution < -0.4 is 15.5 Å². The summed E-state index contributed by atoms with van der Waals surface area (Å²) in [6.45, 7) is 2.79. The quantitative estimate of drug-likeness (QED) is 0.404. The van der Waals surface area contributed by atoms with E-state index in [0.717, 1.165) is 18.5 Å². The Hall–Kier alpha value is -4.57. The van der Waals surface area contributed by atoms with E-state index in [0.29, 0.717) is 36.6 Å². The Bertz CT molecular complexity index is 1370. The lowest BCUT2D eigenvalue weighted by Crippen LogP contribution is -2.35. The van der Waals surface area contributed by atoms with Crippen molar-refractivity contribution in [2.24, 2.45) is 0 Å². The maximum Gasteiger partial charge on any atom is 0.269 e. The highest BCUT2D eigenvalue weighted by Gasteiger charge is 2.35. The van der Waals surface area contributed by atoms with E-state index in [4.69, 9.17) is 0 Å². The molecule has 1 unspecified atom stereocenters. The van der Waals surface area contributed by atoms with E-state index in [-0.39, 0.29) is 29.5 Å². The number of nitro groups is 1. The summed E-state index contributed by atoms with van der Waals surface area (Å²) in [5.74, 6) is -0.838. The van der Waals surface area contributed by atoms with Gasteiger partial charge in [-0.2, -0.15) is 0 Å². The molecule has 2 aliphatic rings. The average molecular weight is 514 g/mol. The van der Waals surface area contributed by atoms with Crippen molar-refractivity contribution < 1.29 is 19.3 Å². The molecular weight excluding hydrogens is 486 g/mol. The number of carbonyl (C=O) groups excluding carboxylic acids is 3. The second-order valence-electron chi connectivity index (χ2n) is 9.29. The predicted octanol–water partition coefficient (Wildman–Crippen LogP) is 3.76. The number of nitrogens with zero attached hydrogens (tertiary/aromatic N) is 3. The molecule has 38 heavy (non-hydrogen) atoms. The van der Waals surface area contributed by atoms with E-state index in [1.807, 2.05) is 30.3 Å². The van der Waals surface area contributed by atoms with Gasteiger partial charge in [0.1, 0.15) is 0 Å². The van der Waals surface area contributed by atoms with Crippen LogP contribution in [0.2, 0.25) is 0 Å². The van der Waals surface area contributed by atoms with Crippen molar-refractivity contribution in [2.45, 2.75) is 18.9 Å². The van der Waals surface area contributed by atoms with Crippen LogP contribution in [0.15, 0.2) is 72.8 Å². The molecule has 3 aromatic rings. The lowest BCUT2D eigenvalue weighted by Gasteiger charge is -2.31. The molecule has 0 aromatic heterocycles. The molecule has 10 heteroatoms. The molecule has 1 saturated heterocycles. The van der Waals surface area contributed by atoms with Gasteiger partial charge in [0, 0.05) is 42.9 Å². The highest BCUT2D eigenvalue weighted by atomic mass is 16.6. The molecule has 2 heterocycles. The zero-order valence-corrected chi connectivity index (χ0v) is 20.6. The van der Waals surface area contributed by atoms with E-state index in [1.54, 1.807) is 23.1 Å². The summed E-state index contributed by atoms with van der Waals surface area (Å²) in [6.07, 6.45) is 0.849. The Balaban J connectivity index is 1.57. The van der Waals surface area contributed by atoms with Crippen molar-refractivity contribution in [1.82, 2.24) is 10.2 Å². The molecule has 0 aliphatic carbocycles. The normalized spacial score (nSPS) is 17.6. The van der Waals surface area contributed by atoms with E-state index in [2.05, 4.69) is 10.6 Å². The first-order chi connectivity index (χ1) is 18.4. The third kappa shape index (κ3) is 5.12. The number of anilines is 2. The summed E-state index contributed by atoms with van der Waals surface area (Å²) in [7, 11) is 0. The molecule has 3 amide bonds. The summed E-state index contributed by atoms with van der Waals surface area (Å²) in [5.41, 5.74) is 2.12. The number of benzene rings is 3. The predicted molar refractivity (Wildman–Crippen MR) is 142 cm³/mol. The Morgan fingerprint density at radius 3 is 2.37 bits per heavy atom. The standard InChI is InChI=1S/C28H27N5O5/c34-26-18-25(19-5-2-1-3-6-19)32(28(36)20-7-10-22(11-8-20)33(37)38)24-12-9-21(17-23(24)30-26)27(35)31-15-4-13-29-14-16-31/h1-3,5-12,17,25,29H,4,13-16,18H2,(H,30,34).